The molecule has 1 aromatic heterocycles. The Morgan fingerprint density at radius 2 is 2.00 bits per heavy atom. The Bertz CT molecular complexity index is 675. The number of amides is 1. The third-order valence-corrected chi connectivity index (χ3v) is 4.55. The molecule has 1 aliphatic rings. The Hall–Kier alpha value is -2.21. The van der Waals surface area contributed by atoms with Crippen LogP contribution in [0.1, 0.15) is 29.9 Å². The zero-order valence-corrected chi connectivity index (χ0v) is 13.9. The number of hydrogen-bond donors (Lipinski definition) is 1. The molecule has 128 valence electrons. The van der Waals surface area contributed by atoms with Gasteiger partial charge in [-0.05, 0) is 55.1 Å². The lowest BCUT2D eigenvalue weighted by Gasteiger charge is -2.31. The minimum Gasteiger partial charge on any atom is -0.351 e. The van der Waals surface area contributed by atoms with Crippen LogP contribution in [0.5, 0.6) is 0 Å². The van der Waals surface area contributed by atoms with E-state index in [4.69, 9.17) is 0 Å². The second-order valence-corrected chi connectivity index (χ2v) is 6.40. The summed E-state index contributed by atoms with van der Waals surface area (Å²) in [4.78, 5) is 14.3. The average Bonchev–Trinajstić information content (AvgIpc) is 3.01. The van der Waals surface area contributed by atoms with Crippen molar-refractivity contribution in [2.45, 2.75) is 25.3 Å². The van der Waals surface area contributed by atoms with Gasteiger partial charge in [0.15, 0.2) is 0 Å². The number of nitrogens with zero attached hydrogens (tertiary/aromatic N) is 3. The van der Waals surface area contributed by atoms with E-state index in [1.54, 1.807) is 12.1 Å². The molecular weight excluding hydrogens is 307 g/mol. The maximum Gasteiger partial charge on any atom is 0.234 e. The Balaban J connectivity index is 1.40. The van der Waals surface area contributed by atoms with Gasteiger partial charge >= 0.3 is 0 Å². The first kappa shape index (κ1) is 16.6. The van der Waals surface area contributed by atoms with Crippen molar-refractivity contribution in [3.8, 4) is 0 Å². The molecule has 0 radical (unpaired) electrons. The number of rotatable bonds is 5. The fourth-order valence-electron chi connectivity index (χ4n) is 3.14. The number of piperidine rings is 1. The molecule has 2 aromatic rings. The van der Waals surface area contributed by atoms with Crippen molar-refractivity contribution in [2.24, 2.45) is 7.05 Å². The van der Waals surface area contributed by atoms with Gasteiger partial charge in [0, 0.05) is 19.8 Å². The van der Waals surface area contributed by atoms with Gasteiger partial charge in [-0.3, -0.25) is 14.4 Å². The first-order valence-electron chi connectivity index (χ1n) is 8.32. The Labute approximate surface area is 141 Å². The molecule has 0 bridgehead atoms. The maximum atomic E-state index is 12.9. The monoisotopic (exact) mass is 330 g/mol. The summed E-state index contributed by atoms with van der Waals surface area (Å²) < 4.78 is 14.7. The highest BCUT2D eigenvalue weighted by Gasteiger charge is 2.22. The summed E-state index contributed by atoms with van der Waals surface area (Å²) >= 11 is 0. The van der Waals surface area contributed by atoms with E-state index in [-0.39, 0.29) is 11.7 Å². The number of aromatic nitrogens is 2. The van der Waals surface area contributed by atoms with E-state index in [0.717, 1.165) is 31.5 Å². The molecule has 1 N–H and O–H groups in total. The zero-order valence-electron chi connectivity index (χ0n) is 13.9. The van der Waals surface area contributed by atoms with Crippen molar-refractivity contribution in [2.75, 3.05) is 19.6 Å². The number of carbonyl (C=O) groups is 1. The van der Waals surface area contributed by atoms with Crippen molar-refractivity contribution in [3.63, 3.8) is 0 Å². The van der Waals surface area contributed by atoms with Gasteiger partial charge in [-0.1, -0.05) is 12.1 Å². The molecule has 1 aromatic carbocycles. The van der Waals surface area contributed by atoms with Crippen LogP contribution in [-0.4, -0.2) is 40.2 Å². The van der Waals surface area contributed by atoms with Gasteiger partial charge in [-0.2, -0.15) is 5.10 Å². The van der Waals surface area contributed by atoms with Gasteiger partial charge in [0.2, 0.25) is 5.91 Å². The summed E-state index contributed by atoms with van der Waals surface area (Å²) in [5, 5.41) is 7.13. The first-order chi connectivity index (χ1) is 11.6. The van der Waals surface area contributed by atoms with Gasteiger partial charge in [0.05, 0.1) is 12.7 Å². The van der Waals surface area contributed by atoms with Crippen LogP contribution in [0, 0.1) is 5.82 Å². The molecule has 5 nitrogen and oxygen atoms in total. The first-order valence-corrected chi connectivity index (χ1v) is 8.32. The molecule has 0 aliphatic carbocycles. The maximum absolute atomic E-state index is 12.9. The van der Waals surface area contributed by atoms with Gasteiger partial charge in [0.25, 0.3) is 0 Å². The third kappa shape index (κ3) is 4.41. The number of benzene rings is 1. The molecule has 1 fully saturated rings. The summed E-state index contributed by atoms with van der Waals surface area (Å²) in [7, 11) is 1.93. The molecule has 1 saturated heterocycles. The third-order valence-electron chi connectivity index (χ3n) is 4.55. The lowest BCUT2D eigenvalue weighted by atomic mass is 9.91. The van der Waals surface area contributed by atoms with E-state index in [9.17, 15) is 9.18 Å². The summed E-state index contributed by atoms with van der Waals surface area (Å²) in [6, 6.07) is 6.19. The van der Waals surface area contributed by atoms with E-state index >= 15 is 0 Å². The number of nitrogens with one attached hydrogen (secondary N) is 1. The summed E-state index contributed by atoms with van der Waals surface area (Å²) in [5.41, 5.74) is 2.19. The smallest absolute Gasteiger partial charge is 0.234 e. The number of hydrogen-bond acceptors (Lipinski definition) is 3. The number of carbonyl (C=O) groups excluding carboxylic acids is 1. The predicted molar refractivity (Wildman–Crippen MR) is 89.9 cm³/mol. The minimum atomic E-state index is -0.262. The molecule has 2 heterocycles. The molecule has 0 saturated carbocycles. The Kier molecular flexibility index (Phi) is 5.25. The van der Waals surface area contributed by atoms with Crippen molar-refractivity contribution >= 4 is 5.91 Å². The topological polar surface area (TPSA) is 50.2 Å². The average molecular weight is 330 g/mol. The molecule has 6 heteroatoms. The molecule has 0 unspecified atom stereocenters. The second-order valence-electron chi connectivity index (χ2n) is 6.40. The molecular formula is C18H23FN4O. The normalized spacial score (nSPS) is 16.2. The number of halogens is 1. The minimum absolute atomic E-state index is 0.0131. The van der Waals surface area contributed by atoms with Gasteiger partial charge < -0.3 is 5.32 Å². The second kappa shape index (κ2) is 7.57. The predicted octanol–water partition coefficient (Wildman–Crippen LogP) is 2.05. The highest BCUT2D eigenvalue weighted by Crippen LogP contribution is 2.27. The molecule has 0 atom stereocenters. The summed E-state index contributed by atoms with van der Waals surface area (Å²) in [6.07, 6.45) is 6.12. The van der Waals surface area contributed by atoms with Crippen molar-refractivity contribution in [1.29, 1.82) is 0 Å². The van der Waals surface area contributed by atoms with Crippen LogP contribution < -0.4 is 5.32 Å². The molecule has 24 heavy (non-hydrogen) atoms. The summed E-state index contributed by atoms with van der Waals surface area (Å²) in [5.74, 6) is 0.290. The van der Waals surface area contributed by atoms with Gasteiger partial charge in [-0.25, -0.2) is 4.39 Å². The van der Waals surface area contributed by atoms with Crippen LogP contribution in [0.15, 0.2) is 36.7 Å². The van der Waals surface area contributed by atoms with E-state index in [2.05, 4.69) is 21.5 Å². The fraction of sp³-hybridized carbons (Fsp3) is 0.444. The van der Waals surface area contributed by atoms with E-state index < -0.39 is 0 Å². The van der Waals surface area contributed by atoms with Crippen LogP contribution in [0.25, 0.3) is 0 Å². The van der Waals surface area contributed by atoms with Crippen molar-refractivity contribution in [1.82, 2.24) is 20.0 Å². The largest absolute Gasteiger partial charge is 0.351 e. The summed E-state index contributed by atoms with van der Waals surface area (Å²) in [6.45, 7) is 2.69. The number of likely N-dealkylation sites (tertiary alicyclic amines) is 1. The van der Waals surface area contributed by atoms with E-state index in [0.29, 0.717) is 19.0 Å². The van der Waals surface area contributed by atoms with Crippen LogP contribution in [0.3, 0.4) is 0 Å². The zero-order chi connectivity index (χ0) is 16.9. The van der Waals surface area contributed by atoms with Crippen LogP contribution in [0.2, 0.25) is 0 Å². The molecule has 0 spiro atoms. The highest BCUT2D eigenvalue weighted by molar-refractivity contribution is 5.78. The molecule has 1 amide bonds. The SMILES string of the molecule is Cn1cc(C2CCN(CC(=O)NCc3ccc(F)cc3)CC2)cn1. The molecule has 1 aliphatic heterocycles. The Morgan fingerprint density at radius 3 is 2.62 bits per heavy atom. The highest BCUT2D eigenvalue weighted by atomic mass is 19.1. The quantitative estimate of drug-likeness (QED) is 0.913. The van der Waals surface area contributed by atoms with Crippen LogP contribution >= 0.6 is 0 Å². The number of aryl methyl sites for hydroxylation is 1. The van der Waals surface area contributed by atoms with E-state index in [1.165, 1.54) is 17.7 Å². The lowest BCUT2D eigenvalue weighted by Crippen LogP contribution is -2.40. The Morgan fingerprint density at radius 1 is 1.29 bits per heavy atom. The van der Waals surface area contributed by atoms with Crippen LogP contribution in [0.4, 0.5) is 4.39 Å². The van der Waals surface area contributed by atoms with Gasteiger partial charge in [0.1, 0.15) is 5.82 Å². The van der Waals surface area contributed by atoms with Gasteiger partial charge in [-0.15, -0.1) is 0 Å². The van der Waals surface area contributed by atoms with Crippen molar-refractivity contribution < 1.29 is 9.18 Å². The fourth-order valence-corrected chi connectivity index (χ4v) is 3.14. The van der Waals surface area contributed by atoms with E-state index in [1.807, 2.05) is 17.9 Å². The molecule has 3 rings (SSSR count). The standard InChI is InChI=1S/C18H23FN4O/c1-22-12-16(11-21-22)15-6-8-23(9-7-15)13-18(24)20-10-14-2-4-17(19)5-3-14/h2-5,11-12,15H,6-10,13H2,1H3,(H,20,24). The van der Waals surface area contributed by atoms with Crippen LogP contribution in [-0.2, 0) is 18.4 Å². The lowest BCUT2D eigenvalue weighted by molar-refractivity contribution is -0.122. The van der Waals surface area contributed by atoms with Crippen molar-refractivity contribution in [3.05, 3.63) is 53.6 Å².